The second kappa shape index (κ2) is 15.1. The number of Topliss-reactive ketones (excluding diaryl/α,β-unsaturated/α-hetero) is 2. The van der Waals surface area contributed by atoms with Crippen LogP contribution in [0.2, 0.25) is 0 Å². The van der Waals surface area contributed by atoms with Crippen LogP contribution in [0.4, 0.5) is 0 Å². The number of carbonyl (C=O) groups is 2. The molecule has 0 saturated carbocycles. The Hall–Kier alpha value is -3.01. The number of nitrogens with zero attached hydrogens (tertiary/aromatic N) is 1. The molecule has 0 N–H and O–H groups in total. The van der Waals surface area contributed by atoms with E-state index in [0.29, 0.717) is 11.3 Å². The number of hydrogen-bond acceptors (Lipinski definition) is 6. The van der Waals surface area contributed by atoms with Crippen LogP contribution in [0, 0.1) is 32.1 Å². The van der Waals surface area contributed by atoms with Crippen molar-refractivity contribution < 1.29 is 14.3 Å². The van der Waals surface area contributed by atoms with Gasteiger partial charge in [0.05, 0.1) is 18.2 Å². The molecule has 0 aliphatic rings. The summed E-state index contributed by atoms with van der Waals surface area (Å²) in [6.45, 7) is 8.99. The number of rotatable bonds is 5. The fourth-order valence-electron chi connectivity index (χ4n) is 3.48. The lowest BCUT2D eigenvalue weighted by atomic mass is 10.0. The van der Waals surface area contributed by atoms with Crippen molar-refractivity contribution in [2.45, 2.75) is 44.4 Å². The van der Waals surface area contributed by atoms with E-state index in [-0.39, 0.29) is 11.6 Å². The highest BCUT2D eigenvalue weighted by Gasteiger charge is 2.10. The lowest BCUT2D eigenvalue weighted by Gasteiger charge is -2.07. The lowest BCUT2D eigenvalue weighted by molar-refractivity contribution is 0.100. The number of ketones is 2. The van der Waals surface area contributed by atoms with E-state index < -0.39 is 0 Å². The van der Waals surface area contributed by atoms with E-state index in [1.165, 1.54) is 0 Å². The summed E-state index contributed by atoms with van der Waals surface area (Å²) < 4.78 is 5.07. The van der Waals surface area contributed by atoms with Crippen molar-refractivity contribution in [1.29, 1.82) is 5.26 Å². The summed E-state index contributed by atoms with van der Waals surface area (Å²) in [4.78, 5) is 24.5. The average molecular weight is 508 g/mol. The molecule has 0 heterocycles. The van der Waals surface area contributed by atoms with Crippen molar-refractivity contribution in [2.75, 3.05) is 19.6 Å². The van der Waals surface area contributed by atoms with Gasteiger partial charge in [0.25, 0.3) is 0 Å². The molecule has 35 heavy (non-hydrogen) atoms. The van der Waals surface area contributed by atoms with Crippen LogP contribution >= 0.6 is 23.5 Å². The van der Waals surface area contributed by atoms with Crippen molar-refractivity contribution >= 4 is 35.1 Å². The maximum atomic E-state index is 11.2. The Bertz CT molecular complexity index is 1150. The van der Waals surface area contributed by atoms with E-state index >= 15 is 0 Å². The molecule has 0 atom stereocenters. The number of methoxy groups -OCH3 is 1. The van der Waals surface area contributed by atoms with Crippen molar-refractivity contribution in [2.24, 2.45) is 0 Å². The van der Waals surface area contributed by atoms with E-state index in [4.69, 9.17) is 10.00 Å². The number of thioether (sulfide) groups is 2. The van der Waals surface area contributed by atoms with Gasteiger partial charge in [-0.05, 0) is 82.0 Å². The molecule has 0 aliphatic carbocycles. The molecule has 0 aromatic heterocycles. The minimum atomic E-state index is 0.0463. The van der Waals surface area contributed by atoms with Gasteiger partial charge in [0.2, 0.25) is 0 Å². The molecule has 3 aromatic rings. The van der Waals surface area contributed by atoms with E-state index in [2.05, 4.69) is 6.07 Å². The molecule has 3 aromatic carbocycles. The summed E-state index contributed by atoms with van der Waals surface area (Å²) in [5.41, 5.74) is 5.43. The fraction of sp³-hybridized carbons (Fsp3) is 0.276. The van der Waals surface area contributed by atoms with Crippen molar-refractivity contribution in [3.05, 3.63) is 88.0 Å². The van der Waals surface area contributed by atoms with Crippen LogP contribution in [0.3, 0.4) is 0 Å². The summed E-state index contributed by atoms with van der Waals surface area (Å²) in [6.07, 6.45) is 3.97. The second-order valence-electron chi connectivity index (χ2n) is 7.68. The summed E-state index contributed by atoms with van der Waals surface area (Å²) in [5.74, 6) is 0.852. The third-order valence-electron chi connectivity index (χ3n) is 5.18. The van der Waals surface area contributed by atoms with Crippen LogP contribution in [0.5, 0.6) is 5.75 Å². The molecule has 0 amide bonds. The van der Waals surface area contributed by atoms with Crippen molar-refractivity contribution in [1.82, 2.24) is 0 Å². The van der Waals surface area contributed by atoms with Crippen LogP contribution in [-0.4, -0.2) is 31.2 Å². The van der Waals surface area contributed by atoms with Crippen molar-refractivity contribution in [3.8, 4) is 11.8 Å². The van der Waals surface area contributed by atoms with E-state index in [0.717, 1.165) is 37.6 Å². The van der Waals surface area contributed by atoms with Gasteiger partial charge in [-0.15, -0.1) is 23.5 Å². The zero-order chi connectivity index (χ0) is 26.5. The largest absolute Gasteiger partial charge is 0.496 e. The topological polar surface area (TPSA) is 67.2 Å². The Balaban J connectivity index is 0.000000263. The quantitative estimate of drug-likeness (QED) is 0.260. The first-order valence-corrected chi connectivity index (χ1v) is 13.4. The normalized spacial score (nSPS) is 9.57. The highest BCUT2D eigenvalue weighted by molar-refractivity contribution is 7.98. The molecule has 0 unspecified atom stereocenters. The van der Waals surface area contributed by atoms with Gasteiger partial charge in [-0.25, -0.2) is 0 Å². The Morgan fingerprint density at radius 1 is 0.743 bits per heavy atom. The first-order valence-electron chi connectivity index (χ1n) is 11.0. The molecule has 0 bridgehead atoms. The molecule has 184 valence electrons. The van der Waals surface area contributed by atoms with Crippen LogP contribution in [0.1, 0.15) is 56.8 Å². The smallest absolute Gasteiger partial charge is 0.163 e. The summed E-state index contributed by atoms with van der Waals surface area (Å²) in [5, 5.41) is 8.77. The standard InChI is InChI=1S/C10H12O2.C10H12OS.C9H9NS/c2*1-7-5-4-6-9(12-3)10(7)8(2)11;1-7-4-3-5-9(11-2)8(7)6-10/h2*4-6H,1-3H3;3-5H,1-2H3. The predicted octanol–water partition coefficient (Wildman–Crippen LogP) is 7.71. The minimum absolute atomic E-state index is 0.0463. The maximum Gasteiger partial charge on any atom is 0.163 e. The highest BCUT2D eigenvalue weighted by atomic mass is 32.2. The summed E-state index contributed by atoms with van der Waals surface area (Å²) in [7, 11) is 1.57. The zero-order valence-electron chi connectivity index (χ0n) is 21.7. The van der Waals surface area contributed by atoms with Crippen LogP contribution < -0.4 is 4.74 Å². The average Bonchev–Trinajstić information content (AvgIpc) is 2.83. The molecular weight excluding hydrogens is 474 g/mol. The third-order valence-corrected chi connectivity index (χ3v) is 6.74. The summed E-state index contributed by atoms with van der Waals surface area (Å²) >= 11 is 3.23. The van der Waals surface area contributed by atoms with Crippen molar-refractivity contribution in [3.63, 3.8) is 0 Å². The maximum absolute atomic E-state index is 11.2. The van der Waals surface area contributed by atoms with Crippen LogP contribution in [-0.2, 0) is 0 Å². The van der Waals surface area contributed by atoms with E-state index in [9.17, 15) is 9.59 Å². The van der Waals surface area contributed by atoms with Gasteiger partial charge in [0.1, 0.15) is 11.8 Å². The van der Waals surface area contributed by atoms with Gasteiger partial charge < -0.3 is 4.74 Å². The number of carbonyl (C=O) groups excluding carboxylic acids is 2. The molecule has 0 fully saturated rings. The molecule has 0 spiro atoms. The SMILES string of the molecule is COc1cccc(C)c1C(C)=O.CSc1cccc(C)c1C#N.CSc1cccc(C)c1C(C)=O. The third kappa shape index (κ3) is 8.61. The zero-order valence-corrected chi connectivity index (χ0v) is 23.3. The second-order valence-corrected chi connectivity index (χ2v) is 9.38. The molecule has 0 saturated heterocycles. The summed E-state index contributed by atoms with van der Waals surface area (Å²) in [6, 6.07) is 19.6. The van der Waals surface area contributed by atoms with Crippen LogP contribution in [0.25, 0.3) is 0 Å². The van der Waals surface area contributed by atoms with Gasteiger partial charge in [0, 0.05) is 15.4 Å². The van der Waals surface area contributed by atoms with Gasteiger partial charge in [-0.2, -0.15) is 5.26 Å². The number of nitriles is 1. The number of aryl methyl sites for hydroxylation is 3. The predicted molar refractivity (Wildman–Crippen MR) is 148 cm³/mol. The monoisotopic (exact) mass is 507 g/mol. The molecule has 0 aliphatic heterocycles. The van der Waals surface area contributed by atoms with Gasteiger partial charge in [-0.1, -0.05) is 36.4 Å². The Kier molecular flexibility index (Phi) is 12.9. The Labute approximate surface area is 218 Å². The first-order chi connectivity index (χ1) is 16.6. The molecule has 0 radical (unpaired) electrons. The van der Waals surface area contributed by atoms with Gasteiger partial charge in [0.15, 0.2) is 11.6 Å². The molecule has 4 nitrogen and oxygen atoms in total. The number of benzene rings is 3. The van der Waals surface area contributed by atoms with E-state index in [1.807, 2.05) is 81.8 Å². The lowest BCUT2D eigenvalue weighted by Crippen LogP contribution is -1.99. The van der Waals surface area contributed by atoms with Gasteiger partial charge >= 0.3 is 0 Å². The molecule has 3 rings (SSSR count). The first kappa shape index (κ1) is 30.0. The number of hydrogen-bond donors (Lipinski definition) is 0. The molecular formula is C29H33NO3S2. The fourth-order valence-corrected chi connectivity index (χ4v) is 4.83. The minimum Gasteiger partial charge on any atom is -0.496 e. The van der Waals surface area contributed by atoms with E-state index in [1.54, 1.807) is 50.5 Å². The Morgan fingerprint density at radius 2 is 1.20 bits per heavy atom. The number of ether oxygens (including phenoxy) is 1. The van der Waals surface area contributed by atoms with Gasteiger partial charge in [-0.3, -0.25) is 9.59 Å². The highest BCUT2D eigenvalue weighted by Crippen LogP contribution is 2.24. The Morgan fingerprint density at radius 3 is 1.57 bits per heavy atom. The van der Waals surface area contributed by atoms with Crippen LogP contribution in [0.15, 0.2) is 64.4 Å². The molecule has 6 heteroatoms.